The molecule has 1 atom stereocenters. The van der Waals surface area contributed by atoms with Gasteiger partial charge in [-0.05, 0) is 37.0 Å². The third-order valence-corrected chi connectivity index (χ3v) is 4.30. The molecule has 0 bridgehead atoms. The number of piperazine rings is 1. The summed E-state index contributed by atoms with van der Waals surface area (Å²) in [5.74, 6) is -0.185. The second kappa shape index (κ2) is 7.45. The quantitative estimate of drug-likeness (QED) is 0.812. The number of carbonyl (C=O) groups excluding carboxylic acids is 2. The fourth-order valence-corrected chi connectivity index (χ4v) is 3.03. The maximum atomic E-state index is 12.9. The predicted molar refractivity (Wildman–Crippen MR) is 87.5 cm³/mol. The van der Waals surface area contributed by atoms with Crippen LogP contribution in [-0.4, -0.2) is 40.7 Å². The summed E-state index contributed by atoms with van der Waals surface area (Å²) in [6, 6.07) is 4.28. The molecule has 0 aromatic heterocycles. The van der Waals surface area contributed by atoms with E-state index in [0.717, 1.165) is 12.1 Å². The first kappa shape index (κ1) is 19.3. The van der Waals surface area contributed by atoms with Crippen LogP contribution in [0.1, 0.15) is 38.3 Å². The fourth-order valence-electron chi connectivity index (χ4n) is 3.03. The fraction of sp³-hybridized carbons (Fsp3) is 0.556. The number of carbonyl (C=O) groups is 2. The zero-order valence-electron chi connectivity index (χ0n) is 14.6. The van der Waals surface area contributed by atoms with Crippen LogP contribution in [0.25, 0.3) is 0 Å². The Hall–Kier alpha value is -2.05. The highest BCUT2D eigenvalue weighted by atomic mass is 19.4. The molecule has 1 aliphatic heterocycles. The van der Waals surface area contributed by atoms with Crippen LogP contribution in [0.5, 0.6) is 0 Å². The lowest BCUT2D eigenvalue weighted by Crippen LogP contribution is -2.59. The molecule has 25 heavy (non-hydrogen) atoms. The summed E-state index contributed by atoms with van der Waals surface area (Å²) in [7, 11) is 0. The molecule has 0 unspecified atom stereocenters. The topological polar surface area (TPSA) is 40.6 Å². The second-order valence-corrected chi connectivity index (χ2v) is 6.72. The number of amides is 2. The first-order valence-electron chi connectivity index (χ1n) is 8.37. The van der Waals surface area contributed by atoms with Crippen molar-refractivity contribution in [3.63, 3.8) is 0 Å². The molecule has 138 valence electrons. The van der Waals surface area contributed by atoms with Crippen LogP contribution in [0.2, 0.25) is 0 Å². The molecule has 0 aliphatic carbocycles. The summed E-state index contributed by atoms with van der Waals surface area (Å²) < 4.78 is 38.7. The molecular formula is C18H23F3N2O2. The van der Waals surface area contributed by atoms with Gasteiger partial charge in [0.2, 0.25) is 11.8 Å². The van der Waals surface area contributed by atoms with Gasteiger partial charge in [-0.25, -0.2) is 0 Å². The molecule has 0 radical (unpaired) electrons. The first-order chi connectivity index (χ1) is 11.6. The van der Waals surface area contributed by atoms with E-state index in [2.05, 4.69) is 0 Å². The Kier molecular flexibility index (Phi) is 5.75. The number of nitrogens with zero attached hydrogens (tertiary/aromatic N) is 2. The molecule has 1 fully saturated rings. The zero-order valence-corrected chi connectivity index (χ0v) is 14.6. The van der Waals surface area contributed by atoms with E-state index in [4.69, 9.17) is 0 Å². The molecule has 1 heterocycles. The van der Waals surface area contributed by atoms with Gasteiger partial charge in [-0.15, -0.1) is 0 Å². The minimum atomic E-state index is -4.44. The van der Waals surface area contributed by atoms with Crippen molar-refractivity contribution in [2.45, 2.75) is 46.0 Å². The Labute approximate surface area is 145 Å². The van der Waals surface area contributed by atoms with Crippen molar-refractivity contribution in [3.8, 4) is 0 Å². The minimum Gasteiger partial charge on any atom is -0.332 e. The molecule has 2 rings (SSSR count). The maximum absolute atomic E-state index is 12.9. The lowest BCUT2D eigenvalue weighted by molar-refractivity contribution is -0.157. The highest BCUT2D eigenvalue weighted by Crippen LogP contribution is 2.30. The van der Waals surface area contributed by atoms with E-state index in [0.29, 0.717) is 18.5 Å². The Morgan fingerprint density at radius 1 is 1.24 bits per heavy atom. The van der Waals surface area contributed by atoms with Gasteiger partial charge in [0.25, 0.3) is 0 Å². The van der Waals surface area contributed by atoms with E-state index in [1.165, 1.54) is 15.9 Å². The second-order valence-electron chi connectivity index (χ2n) is 6.72. The molecule has 1 aromatic carbocycles. The van der Waals surface area contributed by atoms with Crippen molar-refractivity contribution in [1.29, 1.82) is 0 Å². The molecule has 7 heteroatoms. The van der Waals surface area contributed by atoms with E-state index >= 15 is 0 Å². The van der Waals surface area contributed by atoms with E-state index in [1.807, 2.05) is 13.8 Å². The van der Waals surface area contributed by atoms with Gasteiger partial charge < -0.3 is 9.80 Å². The smallest absolute Gasteiger partial charge is 0.332 e. The van der Waals surface area contributed by atoms with Gasteiger partial charge in [-0.3, -0.25) is 9.59 Å². The van der Waals surface area contributed by atoms with E-state index in [9.17, 15) is 22.8 Å². The van der Waals surface area contributed by atoms with Crippen molar-refractivity contribution in [2.24, 2.45) is 5.92 Å². The van der Waals surface area contributed by atoms with Crippen LogP contribution < -0.4 is 0 Å². The van der Waals surface area contributed by atoms with Crippen LogP contribution >= 0.6 is 0 Å². The number of alkyl halides is 3. The van der Waals surface area contributed by atoms with Crippen molar-refractivity contribution in [3.05, 3.63) is 35.4 Å². The normalized spacial score (nSPS) is 19.1. The number of hydrogen-bond donors (Lipinski definition) is 0. The Balaban J connectivity index is 2.28. The maximum Gasteiger partial charge on any atom is 0.416 e. The average Bonchev–Trinajstić information content (AvgIpc) is 2.53. The highest BCUT2D eigenvalue weighted by Gasteiger charge is 2.39. The van der Waals surface area contributed by atoms with Crippen molar-refractivity contribution in [2.75, 3.05) is 13.1 Å². The molecule has 2 amide bonds. The summed E-state index contributed by atoms with van der Waals surface area (Å²) >= 11 is 0. The van der Waals surface area contributed by atoms with Gasteiger partial charge in [-0.2, -0.15) is 13.2 Å². The van der Waals surface area contributed by atoms with Gasteiger partial charge >= 0.3 is 6.18 Å². The highest BCUT2D eigenvalue weighted by molar-refractivity contribution is 5.94. The standard InChI is InChI=1S/C18H23F3N2O2/c1-4-22-11-16(24)23(15(17(22)25)8-12(2)3)10-13-6-5-7-14(9-13)18(19,20)21/h5-7,9,12,15H,4,8,10-11H2,1-3H3/t15-/m0/s1. The lowest BCUT2D eigenvalue weighted by atomic mass is 9.98. The summed E-state index contributed by atoms with van der Waals surface area (Å²) in [4.78, 5) is 28.0. The molecule has 0 spiro atoms. The summed E-state index contributed by atoms with van der Waals surface area (Å²) in [5.41, 5.74) is -0.383. The number of halogens is 3. The third-order valence-electron chi connectivity index (χ3n) is 4.30. The van der Waals surface area contributed by atoms with E-state index in [1.54, 1.807) is 13.0 Å². The number of benzene rings is 1. The lowest BCUT2D eigenvalue weighted by Gasteiger charge is -2.40. The molecule has 1 aromatic rings. The minimum absolute atomic E-state index is 0.00341. The average molecular weight is 356 g/mol. The van der Waals surface area contributed by atoms with E-state index < -0.39 is 17.8 Å². The van der Waals surface area contributed by atoms with E-state index in [-0.39, 0.29) is 30.8 Å². The van der Waals surface area contributed by atoms with Gasteiger partial charge in [0, 0.05) is 13.1 Å². The predicted octanol–water partition coefficient (Wildman–Crippen LogP) is 3.31. The van der Waals surface area contributed by atoms with Gasteiger partial charge in [-0.1, -0.05) is 26.0 Å². The van der Waals surface area contributed by atoms with Crippen molar-refractivity contribution in [1.82, 2.24) is 9.80 Å². The van der Waals surface area contributed by atoms with Crippen LogP contribution in [0, 0.1) is 5.92 Å². The summed E-state index contributed by atoms with van der Waals surface area (Å²) in [5, 5.41) is 0. The summed E-state index contributed by atoms with van der Waals surface area (Å²) in [6.07, 6.45) is -3.95. The largest absolute Gasteiger partial charge is 0.416 e. The van der Waals surface area contributed by atoms with Crippen molar-refractivity contribution < 1.29 is 22.8 Å². The van der Waals surface area contributed by atoms with Gasteiger partial charge in [0.05, 0.1) is 12.1 Å². The Bertz CT molecular complexity index is 643. The number of hydrogen-bond acceptors (Lipinski definition) is 2. The SMILES string of the molecule is CCN1CC(=O)N(Cc2cccc(C(F)(F)F)c2)[C@@H](CC(C)C)C1=O. The third kappa shape index (κ3) is 4.52. The van der Waals surface area contributed by atoms with Crippen LogP contribution in [-0.2, 0) is 22.3 Å². The Morgan fingerprint density at radius 3 is 2.48 bits per heavy atom. The van der Waals surface area contributed by atoms with Crippen LogP contribution in [0.15, 0.2) is 24.3 Å². The summed E-state index contributed by atoms with van der Waals surface area (Å²) in [6.45, 7) is 6.12. The molecule has 0 saturated carbocycles. The molecule has 4 nitrogen and oxygen atoms in total. The number of likely N-dealkylation sites (N-methyl/N-ethyl adjacent to an activating group) is 1. The first-order valence-corrected chi connectivity index (χ1v) is 8.37. The zero-order chi connectivity index (χ0) is 18.8. The number of rotatable bonds is 5. The molecule has 1 aliphatic rings. The van der Waals surface area contributed by atoms with Crippen LogP contribution in [0.3, 0.4) is 0 Å². The van der Waals surface area contributed by atoms with Crippen LogP contribution in [0.4, 0.5) is 13.2 Å². The monoisotopic (exact) mass is 356 g/mol. The van der Waals surface area contributed by atoms with Gasteiger partial charge in [0.1, 0.15) is 6.04 Å². The molecule has 0 N–H and O–H groups in total. The molecular weight excluding hydrogens is 333 g/mol. The van der Waals surface area contributed by atoms with Crippen molar-refractivity contribution >= 4 is 11.8 Å². The Morgan fingerprint density at radius 2 is 1.92 bits per heavy atom. The molecule has 1 saturated heterocycles. The van der Waals surface area contributed by atoms with Gasteiger partial charge in [0.15, 0.2) is 0 Å².